The van der Waals surface area contributed by atoms with Crippen LogP contribution in [-0.4, -0.2) is 75.2 Å². The summed E-state index contributed by atoms with van der Waals surface area (Å²) in [7, 11) is 0. The Morgan fingerprint density at radius 1 is 1.04 bits per heavy atom. The van der Waals surface area contributed by atoms with Crippen molar-refractivity contribution in [1.82, 2.24) is 10.2 Å². The van der Waals surface area contributed by atoms with Gasteiger partial charge in [0.1, 0.15) is 0 Å². The lowest BCUT2D eigenvalue weighted by Gasteiger charge is -2.35. The Morgan fingerprint density at radius 3 is 2.50 bits per heavy atom. The highest BCUT2D eigenvalue weighted by Gasteiger charge is 2.24. The Morgan fingerprint density at radius 2 is 1.81 bits per heavy atom. The smallest absolute Gasteiger partial charge is 0.193 e. The fourth-order valence-corrected chi connectivity index (χ4v) is 4.03. The fraction of sp³-hybridized carbons (Fsp3) is 0.950. The van der Waals surface area contributed by atoms with E-state index in [0.29, 0.717) is 18.3 Å². The van der Waals surface area contributed by atoms with Gasteiger partial charge in [0.25, 0.3) is 0 Å². The average molecular weight is 368 g/mol. The summed E-state index contributed by atoms with van der Waals surface area (Å²) in [5.74, 6) is 1.06. The van der Waals surface area contributed by atoms with E-state index in [1.54, 1.807) is 0 Å². The zero-order chi connectivity index (χ0) is 18.0. The zero-order valence-electron chi connectivity index (χ0n) is 16.5. The number of guanidine groups is 1. The number of aliphatic imine (C=N–C) groups is 1. The molecule has 0 bridgehead atoms. The van der Waals surface area contributed by atoms with Crippen LogP contribution >= 0.6 is 0 Å². The minimum absolute atomic E-state index is 0.318. The topological polar surface area (TPSA) is 55.3 Å². The first kappa shape index (κ1) is 19.9. The van der Waals surface area contributed by atoms with Crippen molar-refractivity contribution in [3.63, 3.8) is 0 Å². The molecule has 6 nitrogen and oxygen atoms in total. The Hall–Kier alpha value is -0.850. The molecule has 3 aliphatic heterocycles. The molecule has 1 N–H and O–H groups in total. The molecule has 3 saturated heterocycles. The van der Waals surface area contributed by atoms with Crippen LogP contribution in [-0.2, 0) is 14.2 Å². The molecule has 3 aliphatic rings. The van der Waals surface area contributed by atoms with Gasteiger partial charge in [0.05, 0.1) is 24.9 Å². The van der Waals surface area contributed by atoms with Gasteiger partial charge < -0.3 is 24.4 Å². The van der Waals surface area contributed by atoms with Crippen molar-refractivity contribution in [2.75, 3.05) is 46.0 Å². The van der Waals surface area contributed by atoms with Gasteiger partial charge in [-0.15, -0.1) is 0 Å². The molecule has 150 valence electrons. The Labute approximate surface area is 158 Å². The molecule has 0 aromatic rings. The SMILES string of the molecule is CCNC(=NCCC1CCCO1)N1CCC(OCC2CCCCO2)CC1. The maximum absolute atomic E-state index is 6.13. The van der Waals surface area contributed by atoms with Crippen molar-refractivity contribution < 1.29 is 14.2 Å². The van der Waals surface area contributed by atoms with E-state index >= 15 is 0 Å². The standard InChI is InChI=1S/C20H37N3O3/c1-2-21-20(22-11-8-17-7-5-15-24-17)23-12-9-18(10-13-23)26-16-19-6-3-4-14-25-19/h17-19H,2-16H2,1H3,(H,21,22). The highest BCUT2D eigenvalue weighted by molar-refractivity contribution is 5.80. The number of rotatable bonds is 7. The summed E-state index contributed by atoms with van der Waals surface area (Å²) in [5.41, 5.74) is 0. The van der Waals surface area contributed by atoms with Crippen molar-refractivity contribution >= 4 is 5.96 Å². The van der Waals surface area contributed by atoms with Gasteiger partial charge in [-0.1, -0.05) is 0 Å². The van der Waals surface area contributed by atoms with E-state index < -0.39 is 0 Å². The molecule has 0 radical (unpaired) electrons. The van der Waals surface area contributed by atoms with Gasteiger partial charge in [-0.05, 0) is 58.3 Å². The summed E-state index contributed by atoms with van der Waals surface area (Å²) >= 11 is 0. The van der Waals surface area contributed by atoms with Gasteiger partial charge in [-0.2, -0.15) is 0 Å². The molecule has 3 heterocycles. The molecule has 0 saturated carbocycles. The molecule has 6 heteroatoms. The van der Waals surface area contributed by atoms with Crippen LogP contribution in [0.5, 0.6) is 0 Å². The Balaban J connectivity index is 1.37. The van der Waals surface area contributed by atoms with Crippen LogP contribution in [0.2, 0.25) is 0 Å². The molecule has 0 amide bonds. The summed E-state index contributed by atoms with van der Waals surface area (Å²) in [6.07, 6.45) is 10.3. The number of ether oxygens (including phenoxy) is 3. The van der Waals surface area contributed by atoms with Crippen LogP contribution in [0.25, 0.3) is 0 Å². The lowest BCUT2D eigenvalue weighted by molar-refractivity contribution is -0.0721. The Kier molecular flexibility index (Phi) is 8.49. The van der Waals surface area contributed by atoms with Crippen molar-refractivity contribution in [2.24, 2.45) is 4.99 Å². The van der Waals surface area contributed by atoms with Crippen LogP contribution in [0.15, 0.2) is 4.99 Å². The quantitative estimate of drug-likeness (QED) is 0.554. The van der Waals surface area contributed by atoms with Gasteiger partial charge in [0.15, 0.2) is 5.96 Å². The van der Waals surface area contributed by atoms with E-state index in [1.807, 2.05) is 0 Å². The minimum Gasteiger partial charge on any atom is -0.378 e. The summed E-state index contributed by atoms with van der Waals surface area (Å²) in [6, 6.07) is 0. The highest BCUT2D eigenvalue weighted by atomic mass is 16.5. The maximum atomic E-state index is 6.13. The maximum Gasteiger partial charge on any atom is 0.193 e. The van der Waals surface area contributed by atoms with Crippen LogP contribution in [0.4, 0.5) is 0 Å². The molecule has 0 aromatic carbocycles. The van der Waals surface area contributed by atoms with E-state index in [2.05, 4.69) is 17.1 Å². The monoisotopic (exact) mass is 367 g/mol. The first-order valence-electron chi connectivity index (χ1n) is 10.7. The van der Waals surface area contributed by atoms with Gasteiger partial charge in [-0.25, -0.2) is 0 Å². The van der Waals surface area contributed by atoms with E-state index in [-0.39, 0.29) is 0 Å². The third-order valence-electron chi connectivity index (χ3n) is 5.60. The minimum atomic E-state index is 0.318. The number of hydrogen-bond donors (Lipinski definition) is 1. The first-order chi connectivity index (χ1) is 12.8. The van der Waals surface area contributed by atoms with Gasteiger partial charge >= 0.3 is 0 Å². The van der Waals surface area contributed by atoms with E-state index in [9.17, 15) is 0 Å². The van der Waals surface area contributed by atoms with E-state index in [4.69, 9.17) is 19.2 Å². The molecular formula is C20H37N3O3. The lowest BCUT2D eigenvalue weighted by Crippen LogP contribution is -2.47. The highest BCUT2D eigenvalue weighted by Crippen LogP contribution is 2.18. The number of hydrogen-bond acceptors (Lipinski definition) is 4. The molecule has 3 rings (SSSR count). The van der Waals surface area contributed by atoms with Crippen molar-refractivity contribution in [3.8, 4) is 0 Å². The summed E-state index contributed by atoms with van der Waals surface area (Å²) in [4.78, 5) is 7.22. The predicted molar refractivity (Wildman–Crippen MR) is 104 cm³/mol. The van der Waals surface area contributed by atoms with E-state index in [0.717, 1.165) is 77.6 Å². The number of nitrogens with zero attached hydrogens (tertiary/aromatic N) is 2. The van der Waals surface area contributed by atoms with Gasteiger partial charge in [-0.3, -0.25) is 4.99 Å². The third kappa shape index (κ3) is 6.39. The van der Waals surface area contributed by atoms with Crippen LogP contribution < -0.4 is 5.32 Å². The molecule has 26 heavy (non-hydrogen) atoms. The normalized spacial score (nSPS) is 28.5. The summed E-state index contributed by atoms with van der Waals surface area (Å²) in [5, 5.41) is 3.45. The lowest BCUT2D eigenvalue weighted by atomic mass is 10.1. The van der Waals surface area contributed by atoms with Crippen LogP contribution in [0.3, 0.4) is 0 Å². The number of likely N-dealkylation sites (tertiary alicyclic amines) is 1. The second kappa shape index (κ2) is 11.1. The van der Waals surface area contributed by atoms with E-state index in [1.165, 1.54) is 25.7 Å². The number of nitrogens with one attached hydrogen (secondary N) is 1. The molecule has 0 aromatic heterocycles. The first-order valence-corrected chi connectivity index (χ1v) is 10.7. The largest absolute Gasteiger partial charge is 0.378 e. The molecule has 2 unspecified atom stereocenters. The summed E-state index contributed by atoms with van der Waals surface area (Å²) < 4.78 is 17.6. The zero-order valence-corrected chi connectivity index (χ0v) is 16.5. The molecule has 2 atom stereocenters. The van der Waals surface area contributed by atoms with Crippen LogP contribution in [0, 0.1) is 0 Å². The third-order valence-corrected chi connectivity index (χ3v) is 5.60. The second-order valence-corrected chi connectivity index (χ2v) is 7.67. The Bertz CT molecular complexity index is 413. The predicted octanol–water partition coefficient (Wildman–Crippen LogP) is 2.57. The van der Waals surface area contributed by atoms with Crippen molar-refractivity contribution in [1.29, 1.82) is 0 Å². The molecule has 0 aliphatic carbocycles. The fourth-order valence-electron chi connectivity index (χ4n) is 4.03. The van der Waals surface area contributed by atoms with Crippen molar-refractivity contribution in [3.05, 3.63) is 0 Å². The molecule has 3 fully saturated rings. The summed E-state index contributed by atoms with van der Waals surface area (Å²) in [6.45, 7) is 8.52. The van der Waals surface area contributed by atoms with Crippen molar-refractivity contribution in [2.45, 2.75) is 76.6 Å². The number of piperidine rings is 1. The van der Waals surface area contributed by atoms with Gasteiger partial charge in [0, 0.05) is 39.4 Å². The molecular weight excluding hydrogens is 330 g/mol. The molecule has 0 spiro atoms. The average Bonchev–Trinajstić information content (AvgIpc) is 3.20. The van der Waals surface area contributed by atoms with Crippen LogP contribution in [0.1, 0.15) is 58.3 Å². The second-order valence-electron chi connectivity index (χ2n) is 7.67. The van der Waals surface area contributed by atoms with Gasteiger partial charge in [0.2, 0.25) is 0 Å².